The molecule has 2 aromatic rings. The van der Waals surface area contributed by atoms with Gasteiger partial charge in [-0.05, 0) is 22.3 Å². The number of aliphatic hydroxyl groups is 2. The van der Waals surface area contributed by atoms with Crippen LogP contribution in [0.25, 0.3) is 11.1 Å². The SMILES string of the molecule is O=C(O)C1CN(C(=O)OCC2c3ccccc3-c3ccccc32)CC(O)C1O. The first-order chi connectivity index (χ1) is 13.5. The molecule has 0 spiro atoms. The number of aliphatic hydroxyl groups excluding tert-OH is 2. The third-order valence-electron chi connectivity index (χ3n) is 5.54. The quantitative estimate of drug-likeness (QED) is 0.744. The molecule has 1 fully saturated rings. The number of likely N-dealkylation sites (tertiary alicyclic amines) is 1. The molecule has 1 aliphatic heterocycles. The van der Waals surface area contributed by atoms with E-state index in [4.69, 9.17) is 4.74 Å². The van der Waals surface area contributed by atoms with Crippen LogP contribution in [0.2, 0.25) is 0 Å². The van der Waals surface area contributed by atoms with Gasteiger partial charge in [-0.25, -0.2) is 4.79 Å². The topological polar surface area (TPSA) is 107 Å². The predicted octanol–water partition coefficient (Wildman–Crippen LogP) is 1.67. The molecule has 0 aromatic heterocycles. The average Bonchev–Trinajstić information content (AvgIpc) is 3.02. The first-order valence-electron chi connectivity index (χ1n) is 9.16. The highest BCUT2D eigenvalue weighted by Gasteiger charge is 2.41. The van der Waals surface area contributed by atoms with Gasteiger partial charge in [0.1, 0.15) is 12.5 Å². The van der Waals surface area contributed by atoms with Crippen LogP contribution in [0.4, 0.5) is 4.79 Å². The number of amides is 1. The van der Waals surface area contributed by atoms with Crippen molar-refractivity contribution in [3.63, 3.8) is 0 Å². The normalized spacial score (nSPS) is 23.8. The highest BCUT2D eigenvalue weighted by molar-refractivity contribution is 5.79. The Bertz CT molecular complexity index is 868. The number of carboxylic acid groups (broad SMARTS) is 1. The molecule has 3 unspecified atom stereocenters. The zero-order valence-electron chi connectivity index (χ0n) is 15.1. The molecule has 1 saturated heterocycles. The lowest BCUT2D eigenvalue weighted by Crippen LogP contribution is -2.56. The summed E-state index contributed by atoms with van der Waals surface area (Å²) in [6, 6.07) is 15.9. The van der Waals surface area contributed by atoms with Crippen molar-refractivity contribution in [2.45, 2.75) is 18.1 Å². The van der Waals surface area contributed by atoms with Gasteiger partial charge in [0.05, 0.1) is 18.8 Å². The maximum atomic E-state index is 12.5. The minimum absolute atomic E-state index is 0.105. The van der Waals surface area contributed by atoms with E-state index in [-0.39, 0.29) is 25.6 Å². The summed E-state index contributed by atoms with van der Waals surface area (Å²) in [4.78, 5) is 24.9. The smallest absolute Gasteiger partial charge is 0.409 e. The monoisotopic (exact) mass is 383 g/mol. The maximum absolute atomic E-state index is 12.5. The summed E-state index contributed by atoms with van der Waals surface area (Å²) in [6.07, 6.45) is -3.43. The molecular formula is C21H21NO6. The van der Waals surface area contributed by atoms with Gasteiger partial charge < -0.3 is 25.0 Å². The molecule has 1 aliphatic carbocycles. The molecule has 1 heterocycles. The standard InChI is InChI=1S/C21H21NO6/c23-18-10-22(9-16(19(18)24)20(25)26)21(27)28-11-17-14-7-3-1-5-12(14)13-6-2-4-8-15(13)17/h1-8,16-19,23-24H,9-11H2,(H,25,26). The maximum Gasteiger partial charge on any atom is 0.409 e. The summed E-state index contributed by atoms with van der Waals surface area (Å²) >= 11 is 0. The van der Waals surface area contributed by atoms with E-state index in [2.05, 4.69) is 0 Å². The number of benzene rings is 2. The van der Waals surface area contributed by atoms with Crippen molar-refractivity contribution < 1.29 is 29.6 Å². The first-order valence-corrected chi connectivity index (χ1v) is 9.16. The number of aliphatic carboxylic acids is 1. The molecule has 7 heteroatoms. The predicted molar refractivity (Wildman–Crippen MR) is 99.8 cm³/mol. The minimum Gasteiger partial charge on any atom is -0.481 e. The van der Waals surface area contributed by atoms with Crippen molar-refractivity contribution in [2.24, 2.45) is 5.92 Å². The number of carbonyl (C=O) groups is 2. The Morgan fingerprint density at radius 3 is 2.11 bits per heavy atom. The van der Waals surface area contributed by atoms with Gasteiger partial charge in [-0.3, -0.25) is 4.79 Å². The van der Waals surface area contributed by atoms with Crippen molar-refractivity contribution in [2.75, 3.05) is 19.7 Å². The van der Waals surface area contributed by atoms with Gasteiger partial charge in [-0.1, -0.05) is 48.5 Å². The molecule has 2 aliphatic rings. The van der Waals surface area contributed by atoms with Crippen molar-refractivity contribution in [1.29, 1.82) is 0 Å². The second kappa shape index (κ2) is 7.26. The van der Waals surface area contributed by atoms with Gasteiger partial charge in [0.25, 0.3) is 0 Å². The van der Waals surface area contributed by atoms with E-state index in [9.17, 15) is 24.9 Å². The minimum atomic E-state index is -1.41. The van der Waals surface area contributed by atoms with Crippen LogP contribution in [0, 0.1) is 5.92 Å². The highest BCUT2D eigenvalue weighted by Crippen LogP contribution is 2.44. The van der Waals surface area contributed by atoms with E-state index in [0.29, 0.717) is 0 Å². The Kier molecular flexibility index (Phi) is 4.78. The van der Waals surface area contributed by atoms with E-state index in [1.54, 1.807) is 0 Å². The van der Waals surface area contributed by atoms with Crippen LogP contribution >= 0.6 is 0 Å². The number of carboxylic acids is 1. The Balaban J connectivity index is 1.49. The van der Waals surface area contributed by atoms with Crippen LogP contribution in [0.5, 0.6) is 0 Å². The fourth-order valence-corrected chi connectivity index (χ4v) is 4.08. The van der Waals surface area contributed by atoms with Crippen molar-refractivity contribution >= 4 is 12.1 Å². The summed E-state index contributed by atoms with van der Waals surface area (Å²) < 4.78 is 5.49. The summed E-state index contributed by atoms with van der Waals surface area (Å²) in [7, 11) is 0. The summed E-state index contributed by atoms with van der Waals surface area (Å²) in [5.74, 6) is -2.61. The molecule has 0 bridgehead atoms. The number of hydrogen-bond acceptors (Lipinski definition) is 5. The van der Waals surface area contributed by atoms with Gasteiger partial charge in [-0.2, -0.15) is 0 Å². The van der Waals surface area contributed by atoms with E-state index in [1.807, 2.05) is 48.5 Å². The molecule has 3 atom stereocenters. The number of piperidine rings is 1. The number of hydrogen-bond donors (Lipinski definition) is 3. The molecule has 0 saturated carbocycles. The van der Waals surface area contributed by atoms with Crippen LogP contribution < -0.4 is 0 Å². The summed E-state index contributed by atoms with van der Waals surface area (Å²) in [5, 5.41) is 28.9. The first kappa shape index (κ1) is 18.5. The number of fused-ring (bicyclic) bond motifs is 3. The van der Waals surface area contributed by atoms with E-state index < -0.39 is 30.2 Å². The number of carbonyl (C=O) groups excluding carboxylic acids is 1. The van der Waals surface area contributed by atoms with E-state index in [0.717, 1.165) is 27.2 Å². The van der Waals surface area contributed by atoms with E-state index in [1.165, 1.54) is 0 Å². The van der Waals surface area contributed by atoms with Crippen molar-refractivity contribution in [3.05, 3.63) is 59.7 Å². The molecular weight excluding hydrogens is 362 g/mol. The van der Waals surface area contributed by atoms with Gasteiger partial charge in [-0.15, -0.1) is 0 Å². The third kappa shape index (κ3) is 3.12. The average molecular weight is 383 g/mol. The Morgan fingerprint density at radius 1 is 0.964 bits per heavy atom. The molecule has 28 heavy (non-hydrogen) atoms. The van der Waals surface area contributed by atoms with Gasteiger partial charge in [0, 0.05) is 12.5 Å². The van der Waals surface area contributed by atoms with Gasteiger partial charge in [0.2, 0.25) is 0 Å². The molecule has 3 N–H and O–H groups in total. The fraction of sp³-hybridized carbons (Fsp3) is 0.333. The number of β-amino-alcohol motifs (C(OH)–C–C–N with tert-alkyl or cyclic N) is 1. The van der Waals surface area contributed by atoms with Crippen LogP contribution in [0.3, 0.4) is 0 Å². The molecule has 4 rings (SSSR count). The summed E-state index contributed by atoms with van der Waals surface area (Å²) in [6.45, 7) is -0.258. The lowest BCUT2D eigenvalue weighted by Gasteiger charge is -2.36. The number of nitrogens with zero attached hydrogens (tertiary/aromatic N) is 1. The Hall–Kier alpha value is -2.90. The largest absolute Gasteiger partial charge is 0.481 e. The summed E-state index contributed by atoms with van der Waals surface area (Å²) in [5.41, 5.74) is 4.38. The van der Waals surface area contributed by atoms with Crippen LogP contribution in [-0.2, 0) is 9.53 Å². The molecule has 0 radical (unpaired) electrons. The number of ether oxygens (including phenoxy) is 1. The molecule has 146 valence electrons. The molecule has 7 nitrogen and oxygen atoms in total. The molecule has 1 amide bonds. The Labute approximate surface area is 161 Å². The lowest BCUT2D eigenvalue weighted by molar-refractivity contribution is -0.154. The second-order valence-electron chi connectivity index (χ2n) is 7.21. The Morgan fingerprint density at radius 2 is 1.54 bits per heavy atom. The zero-order chi connectivity index (χ0) is 19.8. The molecule has 2 aromatic carbocycles. The third-order valence-corrected chi connectivity index (χ3v) is 5.54. The zero-order valence-corrected chi connectivity index (χ0v) is 15.1. The van der Waals surface area contributed by atoms with Gasteiger partial charge in [0.15, 0.2) is 0 Å². The highest BCUT2D eigenvalue weighted by atomic mass is 16.6. The lowest BCUT2D eigenvalue weighted by atomic mass is 9.93. The van der Waals surface area contributed by atoms with Gasteiger partial charge >= 0.3 is 12.1 Å². The van der Waals surface area contributed by atoms with Crippen LogP contribution in [-0.4, -0.2) is 64.2 Å². The van der Waals surface area contributed by atoms with Crippen LogP contribution in [0.15, 0.2) is 48.5 Å². The fourth-order valence-electron chi connectivity index (χ4n) is 4.08. The number of rotatable bonds is 3. The second-order valence-corrected chi connectivity index (χ2v) is 7.21. The van der Waals surface area contributed by atoms with Crippen molar-refractivity contribution in [3.8, 4) is 11.1 Å². The van der Waals surface area contributed by atoms with Crippen LogP contribution in [0.1, 0.15) is 17.0 Å². The van der Waals surface area contributed by atoms with Crippen molar-refractivity contribution in [1.82, 2.24) is 4.90 Å². The van der Waals surface area contributed by atoms with E-state index >= 15 is 0 Å².